The van der Waals surface area contributed by atoms with E-state index in [9.17, 15) is 9.59 Å². The van der Waals surface area contributed by atoms with Crippen LogP contribution in [0.5, 0.6) is 0 Å². The van der Waals surface area contributed by atoms with Crippen LogP contribution in [0.4, 0.5) is 0 Å². The number of nitrogens with one attached hydrogen (secondary N) is 1. The quantitative estimate of drug-likeness (QED) is 0.856. The van der Waals surface area contributed by atoms with Gasteiger partial charge in [0.05, 0.1) is 5.39 Å². The highest BCUT2D eigenvalue weighted by Crippen LogP contribution is 2.27. The summed E-state index contributed by atoms with van der Waals surface area (Å²) in [4.78, 5) is 23.8. The molecule has 1 saturated carbocycles. The standard InChI is InChI=1S/C13H14N4O2/c18-12(14-7-9-5-6-9)8-17-13(19)10-3-1-2-4-11(10)15-16-17/h1-4,9H,5-8H2,(H,14,18). The Bertz CT molecular complexity index is 676. The van der Waals surface area contributed by atoms with Crippen molar-refractivity contribution in [1.29, 1.82) is 0 Å². The number of hydrogen-bond donors (Lipinski definition) is 1. The van der Waals surface area contributed by atoms with Crippen LogP contribution in [0, 0.1) is 5.92 Å². The molecule has 0 radical (unpaired) electrons. The molecular weight excluding hydrogens is 244 g/mol. The summed E-state index contributed by atoms with van der Waals surface area (Å²) >= 11 is 0. The van der Waals surface area contributed by atoms with Crippen molar-refractivity contribution in [3.8, 4) is 0 Å². The number of fused-ring (bicyclic) bond motifs is 1. The van der Waals surface area contributed by atoms with Gasteiger partial charge in [0.25, 0.3) is 5.56 Å². The Morgan fingerprint density at radius 2 is 2.16 bits per heavy atom. The zero-order valence-corrected chi connectivity index (χ0v) is 10.4. The molecule has 1 amide bonds. The first kappa shape index (κ1) is 11.8. The smallest absolute Gasteiger partial charge is 0.278 e. The van der Waals surface area contributed by atoms with Gasteiger partial charge in [-0.2, -0.15) is 0 Å². The maximum absolute atomic E-state index is 12.1. The molecule has 1 heterocycles. The number of benzene rings is 1. The Labute approximate surface area is 109 Å². The molecule has 0 unspecified atom stereocenters. The number of carbonyl (C=O) groups is 1. The molecule has 98 valence electrons. The van der Waals surface area contributed by atoms with Gasteiger partial charge >= 0.3 is 0 Å². The minimum atomic E-state index is -0.285. The van der Waals surface area contributed by atoms with Gasteiger partial charge in [-0.05, 0) is 30.9 Å². The van der Waals surface area contributed by atoms with E-state index >= 15 is 0 Å². The molecule has 1 aliphatic rings. The SMILES string of the molecule is O=C(Cn1nnc2ccccc2c1=O)NCC1CC1. The van der Waals surface area contributed by atoms with Crippen LogP contribution in [0.2, 0.25) is 0 Å². The molecule has 6 heteroatoms. The van der Waals surface area contributed by atoms with E-state index in [4.69, 9.17) is 0 Å². The Balaban J connectivity index is 1.78. The first-order chi connectivity index (χ1) is 9.24. The number of hydrogen-bond acceptors (Lipinski definition) is 4. The lowest BCUT2D eigenvalue weighted by Gasteiger charge is -2.05. The summed E-state index contributed by atoms with van der Waals surface area (Å²) < 4.78 is 1.10. The summed E-state index contributed by atoms with van der Waals surface area (Å²) in [7, 11) is 0. The van der Waals surface area contributed by atoms with Gasteiger partial charge in [-0.3, -0.25) is 9.59 Å². The predicted molar refractivity (Wildman–Crippen MR) is 69.5 cm³/mol. The van der Waals surface area contributed by atoms with Crippen molar-refractivity contribution in [3.05, 3.63) is 34.6 Å². The van der Waals surface area contributed by atoms with Crippen molar-refractivity contribution in [2.24, 2.45) is 5.92 Å². The molecule has 0 aliphatic heterocycles. The maximum atomic E-state index is 12.1. The van der Waals surface area contributed by atoms with Crippen LogP contribution in [0.1, 0.15) is 12.8 Å². The van der Waals surface area contributed by atoms with Crippen LogP contribution in [0.15, 0.2) is 29.1 Å². The molecule has 1 aliphatic carbocycles. The van der Waals surface area contributed by atoms with Gasteiger partial charge in [-0.1, -0.05) is 17.3 Å². The zero-order valence-electron chi connectivity index (χ0n) is 10.4. The number of aromatic nitrogens is 3. The Hall–Kier alpha value is -2.24. The second-order valence-corrected chi connectivity index (χ2v) is 4.82. The molecule has 1 aromatic heterocycles. The van der Waals surface area contributed by atoms with Crippen LogP contribution in [0.3, 0.4) is 0 Å². The third-order valence-corrected chi connectivity index (χ3v) is 3.21. The van der Waals surface area contributed by atoms with Crippen molar-refractivity contribution in [3.63, 3.8) is 0 Å². The number of amides is 1. The molecule has 19 heavy (non-hydrogen) atoms. The van der Waals surface area contributed by atoms with Crippen molar-refractivity contribution in [2.45, 2.75) is 19.4 Å². The van der Waals surface area contributed by atoms with Gasteiger partial charge in [-0.25, -0.2) is 4.68 Å². The second kappa shape index (κ2) is 4.79. The van der Waals surface area contributed by atoms with Crippen molar-refractivity contribution in [2.75, 3.05) is 6.54 Å². The number of rotatable bonds is 4. The predicted octanol–water partition coefficient (Wildman–Crippen LogP) is 0.318. The van der Waals surface area contributed by atoms with E-state index < -0.39 is 0 Å². The van der Waals surface area contributed by atoms with E-state index in [1.165, 1.54) is 12.8 Å². The molecule has 0 spiro atoms. The maximum Gasteiger partial charge on any atom is 0.278 e. The largest absolute Gasteiger partial charge is 0.354 e. The van der Waals surface area contributed by atoms with E-state index in [-0.39, 0.29) is 18.0 Å². The van der Waals surface area contributed by atoms with Crippen LogP contribution in [-0.2, 0) is 11.3 Å². The lowest BCUT2D eigenvalue weighted by atomic mass is 10.2. The fourth-order valence-corrected chi connectivity index (χ4v) is 1.90. The Morgan fingerprint density at radius 3 is 2.95 bits per heavy atom. The highest BCUT2D eigenvalue weighted by atomic mass is 16.2. The average Bonchev–Trinajstić information content (AvgIpc) is 3.24. The highest BCUT2D eigenvalue weighted by molar-refractivity contribution is 5.78. The Morgan fingerprint density at radius 1 is 1.37 bits per heavy atom. The van der Waals surface area contributed by atoms with E-state index in [1.807, 2.05) is 0 Å². The summed E-state index contributed by atoms with van der Waals surface area (Å²) in [6, 6.07) is 6.97. The zero-order chi connectivity index (χ0) is 13.2. The fraction of sp³-hybridized carbons (Fsp3) is 0.385. The van der Waals surface area contributed by atoms with Crippen molar-refractivity contribution in [1.82, 2.24) is 20.3 Å². The molecule has 0 bridgehead atoms. The summed E-state index contributed by atoms with van der Waals surface area (Å²) in [6.45, 7) is 0.609. The van der Waals surface area contributed by atoms with Gasteiger partial charge in [0.1, 0.15) is 12.1 Å². The van der Waals surface area contributed by atoms with Gasteiger partial charge in [0, 0.05) is 6.54 Å². The number of nitrogens with zero attached hydrogens (tertiary/aromatic N) is 3. The van der Waals surface area contributed by atoms with Crippen molar-refractivity contribution < 1.29 is 4.79 Å². The first-order valence-electron chi connectivity index (χ1n) is 6.33. The van der Waals surface area contributed by atoms with Gasteiger partial charge in [0.15, 0.2) is 0 Å². The van der Waals surface area contributed by atoms with Crippen LogP contribution >= 0.6 is 0 Å². The minimum absolute atomic E-state index is 0.0800. The molecule has 0 saturated heterocycles. The normalized spacial score (nSPS) is 14.5. The topological polar surface area (TPSA) is 76.9 Å². The summed E-state index contributed by atoms with van der Waals surface area (Å²) in [5, 5.41) is 11.0. The third-order valence-electron chi connectivity index (χ3n) is 3.21. The second-order valence-electron chi connectivity index (χ2n) is 4.82. The fourth-order valence-electron chi connectivity index (χ4n) is 1.90. The highest BCUT2D eigenvalue weighted by Gasteiger charge is 2.21. The molecule has 3 rings (SSSR count). The van der Waals surface area contributed by atoms with E-state index in [0.29, 0.717) is 23.4 Å². The van der Waals surface area contributed by atoms with Gasteiger partial charge < -0.3 is 5.32 Å². The summed E-state index contributed by atoms with van der Waals surface area (Å²) in [5.74, 6) is 0.418. The number of carbonyl (C=O) groups excluding carboxylic acids is 1. The van der Waals surface area contributed by atoms with Gasteiger partial charge in [0.2, 0.25) is 5.91 Å². The molecular formula is C13H14N4O2. The molecule has 1 fully saturated rings. The minimum Gasteiger partial charge on any atom is -0.354 e. The van der Waals surface area contributed by atoms with Crippen LogP contribution in [-0.4, -0.2) is 27.4 Å². The van der Waals surface area contributed by atoms with Crippen LogP contribution in [0.25, 0.3) is 10.9 Å². The third kappa shape index (κ3) is 2.62. The van der Waals surface area contributed by atoms with E-state index in [0.717, 1.165) is 4.68 Å². The lowest BCUT2D eigenvalue weighted by Crippen LogP contribution is -2.35. The molecule has 1 N–H and O–H groups in total. The lowest BCUT2D eigenvalue weighted by molar-refractivity contribution is -0.122. The first-order valence-corrected chi connectivity index (χ1v) is 6.33. The molecule has 1 aromatic carbocycles. The van der Waals surface area contributed by atoms with Gasteiger partial charge in [-0.15, -0.1) is 5.10 Å². The van der Waals surface area contributed by atoms with E-state index in [2.05, 4.69) is 15.6 Å². The average molecular weight is 258 g/mol. The van der Waals surface area contributed by atoms with Crippen LogP contribution < -0.4 is 10.9 Å². The molecule has 6 nitrogen and oxygen atoms in total. The van der Waals surface area contributed by atoms with Crippen molar-refractivity contribution >= 4 is 16.8 Å². The monoisotopic (exact) mass is 258 g/mol. The summed E-state index contributed by atoms with van der Waals surface area (Å²) in [6.07, 6.45) is 2.35. The summed E-state index contributed by atoms with van der Waals surface area (Å²) in [5.41, 5.74) is 0.259. The Kier molecular flexibility index (Phi) is 2.98. The van der Waals surface area contributed by atoms with E-state index in [1.54, 1.807) is 24.3 Å². The molecule has 2 aromatic rings. The molecule has 0 atom stereocenters.